The number of hydrogen-bond acceptors (Lipinski definition) is 5. The van der Waals surface area contributed by atoms with Crippen LogP contribution >= 0.6 is 0 Å². The van der Waals surface area contributed by atoms with Gasteiger partial charge in [0.1, 0.15) is 12.0 Å². The van der Waals surface area contributed by atoms with E-state index >= 15 is 0 Å². The first-order chi connectivity index (χ1) is 9.29. The normalized spacial score (nSPS) is 13.2. The van der Waals surface area contributed by atoms with E-state index < -0.39 is 11.9 Å². The number of anilines is 2. The Kier molecular flexibility index (Phi) is 3.51. The fourth-order valence-corrected chi connectivity index (χ4v) is 1.73. The summed E-state index contributed by atoms with van der Waals surface area (Å²) < 4.78 is 39.5. The summed E-state index contributed by atoms with van der Waals surface area (Å²) in [6.07, 6.45) is -2.03. The maximum atomic E-state index is 12.6. The number of aromatic nitrogens is 4. The topological polar surface area (TPSA) is 81.7 Å². The molecule has 1 unspecified atom stereocenters. The van der Waals surface area contributed by atoms with Gasteiger partial charge in [-0.1, -0.05) is 0 Å². The summed E-state index contributed by atoms with van der Waals surface area (Å²) in [4.78, 5) is 3.27. The Morgan fingerprint density at radius 2 is 2.10 bits per heavy atom. The molecular formula is C11H13F3N6. The highest BCUT2D eigenvalue weighted by molar-refractivity contribution is 5.65. The van der Waals surface area contributed by atoms with Gasteiger partial charge in [-0.2, -0.15) is 13.2 Å². The fraction of sp³-hybridized carbons (Fsp3) is 0.364. The fourth-order valence-electron chi connectivity index (χ4n) is 1.73. The van der Waals surface area contributed by atoms with Gasteiger partial charge >= 0.3 is 6.18 Å². The molecule has 3 N–H and O–H groups in total. The Hall–Kier alpha value is -2.32. The molecule has 2 heterocycles. The molecule has 2 rings (SSSR count). The third-order valence-electron chi connectivity index (χ3n) is 2.73. The molecule has 0 amide bonds. The number of nitrogen functional groups attached to an aromatic ring is 1. The lowest BCUT2D eigenvalue weighted by Crippen LogP contribution is -2.15. The van der Waals surface area contributed by atoms with Crippen molar-refractivity contribution in [2.75, 3.05) is 11.1 Å². The van der Waals surface area contributed by atoms with Gasteiger partial charge in [-0.3, -0.25) is 0 Å². The van der Waals surface area contributed by atoms with Crippen LogP contribution in [0.4, 0.5) is 24.5 Å². The van der Waals surface area contributed by atoms with Crippen molar-refractivity contribution in [1.82, 2.24) is 19.7 Å². The number of hydrogen-bond donors (Lipinski definition) is 2. The number of nitrogens with two attached hydrogens (primary N) is 1. The number of pyridine rings is 1. The summed E-state index contributed by atoms with van der Waals surface area (Å²) in [5.74, 6) is 0.578. The zero-order valence-corrected chi connectivity index (χ0v) is 10.8. The summed E-state index contributed by atoms with van der Waals surface area (Å²) >= 11 is 0. The van der Waals surface area contributed by atoms with Crippen LogP contribution in [0.1, 0.15) is 24.5 Å². The predicted octanol–water partition coefficient (Wildman–Crippen LogP) is 1.98. The second kappa shape index (κ2) is 4.99. The lowest BCUT2D eigenvalue weighted by molar-refractivity contribution is -0.141. The van der Waals surface area contributed by atoms with E-state index in [2.05, 4.69) is 20.5 Å². The van der Waals surface area contributed by atoms with Crippen molar-refractivity contribution in [3.8, 4) is 0 Å². The molecule has 0 aromatic carbocycles. The second-order valence-corrected chi connectivity index (χ2v) is 4.32. The van der Waals surface area contributed by atoms with Crippen molar-refractivity contribution in [1.29, 1.82) is 0 Å². The van der Waals surface area contributed by atoms with Crippen LogP contribution in [0.2, 0.25) is 0 Å². The van der Waals surface area contributed by atoms with Gasteiger partial charge < -0.3 is 15.6 Å². The monoisotopic (exact) mass is 286 g/mol. The number of aryl methyl sites for hydroxylation is 1. The van der Waals surface area contributed by atoms with Crippen LogP contribution < -0.4 is 11.1 Å². The third kappa shape index (κ3) is 2.81. The molecule has 0 aliphatic rings. The van der Waals surface area contributed by atoms with Gasteiger partial charge in [-0.25, -0.2) is 4.98 Å². The molecular weight excluding hydrogens is 273 g/mol. The Labute approximate surface area is 112 Å². The molecule has 1 atom stereocenters. The molecule has 20 heavy (non-hydrogen) atoms. The second-order valence-electron chi connectivity index (χ2n) is 4.32. The van der Waals surface area contributed by atoms with Crippen molar-refractivity contribution in [3.63, 3.8) is 0 Å². The van der Waals surface area contributed by atoms with Crippen molar-refractivity contribution >= 4 is 11.4 Å². The maximum absolute atomic E-state index is 12.6. The minimum atomic E-state index is -4.52. The van der Waals surface area contributed by atoms with Crippen LogP contribution in [0.25, 0.3) is 0 Å². The Bertz CT molecular complexity index is 606. The van der Waals surface area contributed by atoms with E-state index in [0.717, 1.165) is 12.3 Å². The largest absolute Gasteiger partial charge is 0.433 e. The van der Waals surface area contributed by atoms with Crippen molar-refractivity contribution in [2.45, 2.75) is 19.1 Å². The molecule has 0 bridgehead atoms. The predicted molar refractivity (Wildman–Crippen MR) is 66.7 cm³/mol. The van der Waals surface area contributed by atoms with Crippen LogP contribution in [0.5, 0.6) is 0 Å². The number of alkyl halides is 3. The molecule has 0 saturated carbocycles. The van der Waals surface area contributed by atoms with Crippen LogP contribution in [0.3, 0.4) is 0 Å². The smallest absolute Gasteiger partial charge is 0.396 e. The summed E-state index contributed by atoms with van der Waals surface area (Å²) in [7, 11) is 1.74. The standard InChI is InChI=1S/C11H13F3N6/c1-6(10-19-17-5-20(10)2)18-8-3-9(11(12,13)14)16-4-7(8)15/h3-6H,15H2,1-2H3,(H,16,18). The summed E-state index contributed by atoms with van der Waals surface area (Å²) in [5.41, 5.74) is 4.92. The highest BCUT2D eigenvalue weighted by Gasteiger charge is 2.33. The van der Waals surface area contributed by atoms with Crippen molar-refractivity contribution in [3.05, 3.63) is 30.1 Å². The van der Waals surface area contributed by atoms with E-state index in [1.807, 2.05) is 0 Å². The number of nitrogens with one attached hydrogen (secondary N) is 1. The number of nitrogens with zero attached hydrogens (tertiary/aromatic N) is 4. The maximum Gasteiger partial charge on any atom is 0.433 e. The first-order valence-electron chi connectivity index (χ1n) is 5.72. The minimum Gasteiger partial charge on any atom is -0.396 e. The highest BCUT2D eigenvalue weighted by atomic mass is 19.4. The Balaban J connectivity index is 2.27. The molecule has 108 valence electrons. The van der Waals surface area contributed by atoms with Gasteiger partial charge in [0.15, 0.2) is 5.82 Å². The average molecular weight is 286 g/mol. The van der Waals surface area contributed by atoms with E-state index in [-0.39, 0.29) is 17.4 Å². The summed E-state index contributed by atoms with van der Waals surface area (Å²) in [6, 6.07) is 0.524. The van der Waals surface area contributed by atoms with Crippen molar-refractivity contribution < 1.29 is 13.2 Å². The molecule has 2 aromatic heterocycles. The van der Waals surface area contributed by atoms with E-state index in [1.165, 1.54) is 6.33 Å². The van der Waals surface area contributed by atoms with Gasteiger partial charge in [-0.15, -0.1) is 10.2 Å². The molecule has 0 spiro atoms. The molecule has 2 aromatic rings. The van der Waals surface area contributed by atoms with Gasteiger partial charge in [0, 0.05) is 7.05 Å². The molecule has 0 aliphatic heterocycles. The number of rotatable bonds is 3. The minimum absolute atomic E-state index is 0.131. The zero-order chi connectivity index (χ0) is 14.9. The third-order valence-corrected chi connectivity index (χ3v) is 2.73. The SMILES string of the molecule is CC(Nc1cc(C(F)(F)F)ncc1N)c1nncn1C. The molecule has 0 radical (unpaired) electrons. The first kappa shape index (κ1) is 14.1. The van der Waals surface area contributed by atoms with Crippen molar-refractivity contribution in [2.24, 2.45) is 7.05 Å². The van der Waals surface area contributed by atoms with Crippen LogP contribution in [0.15, 0.2) is 18.6 Å². The average Bonchev–Trinajstić information content (AvgIpc) is 2.77. The van der Waals surface area contributed by atoms with Crippen LogP contribution in [-0.2, 0) is 13.2 Å². The highest BCUT2D eigenvalue weighted by Crippen LogP contribution is 2.32. The molecule has 6 nitrogen and oxygen atoms in total. The van der Waals surface area contributed by atoms with E-state index in [9.17, 15) is 13.2 Å². The van der Waals surface area contributed by atoms with Gasteiger partial charge in [0.25, 0.3) is 0 Å². The quantitative estimate of drug-likeness (QED) is 0.901. The van der Waals surface area contributed by atoms with E-state index in [4.69, 9.17) is 5.73 Å². The van der Waals surface area contributed by atoms with E-state index in [0.29, 0.717) is 5.82 Å². The van der Waals surface area contributed by atoms with Crippen LogP contribution in [-0.4, -0.2) is 19.7 Å². The summed E-state index contributed by atoms with van der Waals surface area (Å²) in [6.45, 7) is 1.75. The van der Waals surface area contributed by atoms with Gasteiger partial charge in [0.05, 0.1) is 23.6 Å². The lowest BCUT2D eigenvalue weighted by Gasteiger charge is -2.17. The lowest BCUT2D eigenvalue weighted by atomic mass is 10.2. The van der Waals surface area contributed by atoms with E-state index in [1.54, 1.807) is 18.5 Å². The molecule has 9 heteroatoms. The molecule has 0 aliphatic carbocycles. The van der Waals surface area contributed by atoms with Crippen LogP contribution in [0, 0.1) is 0 Å². The Morgan fingerprint density at radius 3 is 2.65 bits per heavy atom. The molecule has 0 saturated heterocycles. The zero-order valence-electron chi connectivity index (χ0n) is 10.8. The summed E-state index contributed by atoms with van der Waals surface area (Å²) in [5, 5.41) is 10.5. The Morgan fingerprint density at radius 1 is 1.40 bits per heavy atom. The van der Waals surface area contributed by atoms with Gasteiger partial charge in [-0.05, 0) is 13.0 Å². The molecule has 0 fully saturated rings. The first-order valence-corrected chi connectivity index (χ1v) is 5.72. The van der Waals surface area contributed by atoms with Gasteiger partial charge in [0.2, 0.25) is 0 Å². The number of halogens is 3.